The Bertz CT molecular complexity index is 1550. The fourth-order valence-corrected chi connectivity index (χ4v) is 5.74. The number of ketones is 2. The summed E-state index contributed by atoms with van der Waals surface area (Å²) in [5, 5.41) is 0.450. The van der Waals surface area contributed by atoms with Gasteiger partial charge in [-0.25, -0.2) is 9.29 Å². The maximum Gasteiger partial charge on any atom is 0.240 e. The Balaban J connectivity index is 1.44. The molecule has 2 fully saturated rings. The number of imide groups is 1. The number of halogens is 2. The van der Waals surface area contributed by atoms with Crippen LogP contribution in [-0.2, 0) is 9.59 Å². The molecule has 3 aromatic rings. The average Bonchev–Trinajstić information content (AvgIpc) is 3.41. The van der Waals surface area contributed by atoms with E-state index in [1.807, 2.05) is 0 Å². The summed E-state index contributed by atoms with van der Waals surface area (Å²) in [5.41, 5.74) is 0.992. The van der Waals surface area contributed by atoms with Gasteiger partial charge >= 0.3 is 0 Å². The van der Waals surface area contributed by atoms with Gasteiger partial charge in [0.1, 0.15) is 11.9 Å². The maximum atomic E-state index is 14.7. The van der Waals surface area contributed by atoms with Gasteiger partial charge in [-0.15, -0.1) is 0 Å². The first-order valence-corrected chi connectivity index (χ1v) is 12.4. The van der Waals surface area contributed by atoms with Crippen LogP contribution in [0.1, 0.15) is 20.7 Å². The lowest BCUT2D eigenvalue weighted by Crippen LogP contribution is -2.46. The lowest BCUT2D eigenvalue weighted by Gasteiger charge is -2.32. The number of Topliss-reactive ketones (excluding diaryl/α,β-unsaturated/α-hetero) is 2. The highest BCUT2D eigenvalue weighted by molar-refractivity contribution is 6.30. The van der Waals surface area contributed by atoms with Gasteiger partial charge in [-0.1, -0.05) is 60.1 Å². The van der Waals surface area contributed by atoms with Crippen molar-refractivity contribution in [3.05, 3.63) is 125 Å². The first kappa shape index (κ1) is 24.0. The predicted octanol–water partition coefficient (Wildman–Crippen LogP) is 4.86. The van der Waals surface area contributed by atoms with E-state index in [1.54, 1.807) is 77.8 Å². The number of benzene rings is 3. The number of para-hydroxylation sites is 1. The highest BCUT2D eigenvalue weighted by atomic mass is 35.5. The molecule has 3 aliphatic rings. The Morgan fingerprint density at radius 2 is 1.45 bits per heavy atom. The smallest absolute Gasteiger partial charge is 0.240 e. The van der Waals surface area contributed by atoms with Crippen LogP contribution in [0, 0.1) is 17.7 Å². The number of allylic oxidation sites excluding steroid dienone is 2. The van der Waals surface area contributed by atoms with E-state index in [0.29, 0.717) is 21.7 Å². The third kappa shape index (κ3) is 3.70. The second-order valence-corrected chi connectivity index (χ2v) is 9.84. The number of amides is 2. The fraction of sp³-hybridized carbons (Fsp3) is 0.133. The minimum Gasteiger partial charge on any atom is -0.359 e. The molecule has 6 nitrogen and oxygen atoms in total. The summed E-state index contributed by atoms with van der Waals surface area (Å²) in [7, 11) is 0. The zero-order valence-corrected chi connectivity index (χ0v) is 20.6. The molecule has 0 bridgehead atoms. The molecule has 2 amide bonds. The lowest BCUT2D eigenvalue weighted by atomic mass is 9.85. The molecule has 8 heteroatoms. The van der Waals surface area contributed by atoms with Crippen molar-refractivity contribution in [2.45, 2.75) is 12.1 Å². The van der Waals surface area contributed by atoms with E-state index in [-0.39, 0.29) is 17.3 Å². The van der Waals surface area contributed by atoms with Crippen molar-refractivity contribution in [2.75, 3.05) is 4.90 Å². The summed E-state index contributed by atoms with van der Waals surface area (Å²) in [6, 6.07) is 18.8. The molecule has 0 spiro atoms. The quantitative estimate of drug-likeness (QED) is 0.351. The van der Waals surface area contributed by atoms with Gasteiger partial charge in [-0.2, -0.15) is 0 Å². The van der Waals surface area contributed by atoms with Crippen LogP contribution >= 0.6 is 11.6 Å². The van der Waals surface area contributed by atoms with Gasteiger partial charge in [0.25, 0.3) is 0 Å². The summed E-state index contributed by atoms with van der Waals surface area (Å²) < 4.78 is 14.7. The largest absolute Gasteiger partial charge is 0.359 e. The molecular weight excluding hydrogens is 507 g/mol. The van der Waals surface area contributed by atoms with Crippen molar-refractivity contribution in [2.24, 2.45) is 11.8 Å². The molecular formula is C30H20ClFN2O4. The van der Waals surface area contributed by atoms with Crippen LogP contribution < -0.4 is 4.90 Å². The van der Waals surface area contributed by atoms with Crippen LogP contribution in [0.15, 0.2) is 103 Å². The van der Waals surface area contributed by atoms with Crippen LogP contribution in [0.2, 0.25) is 5.02 Å². The van der Waals surface area contributed by atoms with Crippen molar-refractivity contribution >= 4 is 40.7 Å². The monoisotopic (exact) mass is 526 g/mol. The molecule has 3 aromatic carbocycles. The van der Waals surface area contributed by atoms with E-state index in [1.165, 1.54) is 24.3 Å². The molecule has 188 valence electrons. The molecule has 0 unspecified atom stereocenters. The van der Waals surface area contributed by atoms with Gasteiger partial charge in [0.05, 0.1) is 23.6 Å². The lowest BCUT2D eigenvalue weighted by molar-refractivity contribution is -0.123. The SMILES string of the molecule is O=C(C1=C[C@H]2[C@H]3C(=O)N(c4ccccc4F)C(=O)[C@@H]3[C@H](C(=O)c3ccc(Cl)cc3)N2C=C1)c1ccccc1. The summed E-state index contributed by atoms with van der Waals surface area (Å²) in [6.45, 7) is 0. The van der Waals surface area contributed by atoms with E-state index in [0.717, 1.165) is 4.90 Å². The number of carbonyl (C=O) groups excluding carboxylic acids is 4. The minimum absolute atomic E-state index is 0.156. The van der Waals surface area contributed by atoms with Crippen LogP contribution in [-0.4, -0.2) is 40.4 Å². The standard InChI is InChI=1S/C30H20ClFN2O4/c31-20-12-10-18(11-13-20)28(36)26-25-24(29(37)34(30(25)38)22-9-5-4-8-21(22)32)23-16-19(14-15-33(23)26)27(35)17-6-2-1-3-7-17/h1-16,23-26H/t23-,24+,25-,26+/m0/s1. The van der Waals surface area contributed by atoms with E-state index in [4.69, 9.17) is 11.6 Å². The zero-order chi connectivity index (χ0) is 26.6. The first-order chi connectivity index (χ1) is 18.4. The summed E-state index contributed by atoms with van der Waals surface area (Å²) >= 11 is 6.00. The summed E-state index contributed by atoms with van der Waals surface area (Å²) in [5.74, 6) is -4.63. The maximum absolute atomic E-state index is 14.7. The van der Waals surface area contributed by atoms with Crippen LogP contribution in [0.4, 0.5) is 10.1 Å². The summed E-state index contributed by atoms with van der Waals surface area (Å²) in [6.07, 6.45) is 4.84. The molecule has 0 radical (unpaired) electrons. The third-order valence-corrected chi connectivity index (χ3v) is 7.59. The Morgan fingerprint density at radius 1 is 0.789 bits per heavy atom. The fourth-order valence-electron chi connectivity index (χ4n) is 5.61. The molecule has 6 rings (SSSR count). The Hall–Kier alpha value is -4.36. The first-order valence-electron chi connectivity index (χ1n) is 12.1. The second kappa shape index (κ2) is 9.19. The Kier molecular flexibility index (Phi) is 5.80. The Morgan fingerprint density at radius 3 is 2.16 bits per heavy atom. The van der Waals surface area contributed by atoms with E-state index in [9.17, 15) is 23.6 Å². The van der Waals surface area contributed by atoms with E-state index >= 15 is 0 Å². The molecule has 38 heavy (non-hydrogen) atoms. The topological polar surface area (TPSA) is 74.8 Å². The van der Waals surface area contributed by atoms with Gasteiger partial charge in [0.15, 0.2) is 11.6 Å². The second-order valence-electron chi connectivity index (χ2n) is 9.40. The van der Waals surface area contributed by atoms with Gasteiger partial charge in [0, 0.05) is 27.9 Å². The summed E-state index contributed by atoms with van der Waals surface area (Å²) in [4.78, 5) is 57.0. The molecule has 0 aromatic heterocycles. The van der Waals surface area contributed by atoms with Crippen molar-refractivity contribution in [3.63, 3.8) is 0 Å². The minimum atomic E-state index is -1.07. The Labute approximate surface area is 222 Å². The highest BCUT2D eigenvalue weighted by Crippen LogP contribution is 2.47. The number of fused-ring (bicyclic) bond motifs is 3. The molecule has 0 saturated carbocycles. The van der Waals surface area contributed by atoms with Crippen molar-refractivity contribution < 1.29 is 23.6 Å². The molecule has 4 atom stereocenters. The molecule has 2 saturated heterocycles. The normalized spacial score (nSPS) is 23.8. The third-order valence-electron chi connectivity index (χ3n) is 7.34. The molecule has 0 aliphatic carbocycles. The number of hydrogen-bond acceptors (Lipinski definition) is 5. The molecule has 3 heterocycles. The zero-order valence-electron chi connectivity index (χ0n) is 19.8. The van der Waals surface area contributed by atoms with Crippen molar-refractivity contribution in [3.8, 4) is 0 Å². The molecule has 3 aliphatic heterocycles. The number of carbonyl (C=O) groups is 4. The van der Waals surface area contributed by atoms with Gasteiger partial charge in [-0.05, 0) is 42.5 Å². The highest BCUT2D eigenvalue weighted by Gasteiger charge is 2.63. The number of anilines is 1. The van der Waals surface area contributed by atoms with Crippen LogP contribution in [0.25, 0.3) is 0 Å². The van der Waals surface area contributed by atoms with Crippen molar-refractivity contribution in [1.29, 1.82) is 0 Å². The predicted molar refractivity (Wildman–Crippen MR) is 139 cm³/mol. The van der Waals surface area contributed by atoms with E-state index < -0.39 is 41.6 Å². The van der Waals surface area contributed by atoms with Gasteiger partial charge in [-0.3, -0.25) is 19.2 Å². The number of nitrogens with zero attached hydrogens (tertiary/aromatic N) is 2. The average molecular weight is 527 g/mol. The molecule has 0 N–H and O–H groups in total. The van der Waals surface area contributed by atoms with Crippen molar-refractivity contribution in [1.82, 2.24) is 4.90 Å². The van der Waals surface area contributed by atoms with Gasteiger partial charge in [0.2, 0.25) is 11.8 Å². The number of hydrogen-bond donors (Lipinski definition) is 0. The van der Waals surface area contributed by atoms with Gasteiger partial charge < -0.3 is 4.90 Å². The van der Waals surface area contributed by atoms with Crippen LogP contribution in [0.3, 0.4) is 0 Å². The van der Waals surface area contributed by atoms with Crippen LogP contribution in [0.5, 0.6) is 0 Å². The number of rotatable bonds is 5. The van der Waals surface area contributed by atoms with E-state index in [2.05, 4.69) is 0 Å².